The molecule has 0 aromatic carbocycles. The number of rotatable bonds is 5. The van der Waals surface area contributed by atoms with Gasteiger partial charge in [0.05, 0.1) is 6.20 Å². The maximum atomic E-state index is 12.5. The second-order valence-electron chi connectivity index (χ2n) is 5.01. The lowest BCUT2D eigenvalue weighted by atomic mass is 10.0. The number of carboxylic acid groups (broad SMARTS) is 1. The van der Waals surface area contributed by atoms with Gasteiger partial charge in [0.2, 0.25) is 0 Å². The molecule has 6 nitrogen and oxygen atoms in total. The molecule has 0 spiro atoms. The topological polar surface area (TPSA) is 79.7 Å². The molecule has 1 aliphatic heterocycles. The molecule has 2 rings (SSSR count). The number of piperidine rings is 1. The fraction of sp³-hybridized carbons (Fsp3) is 0.643. The molecule has 0 aliphatic carbocycles. The zero-order chi connectivity index (χ0) is 15.4. The molecule has 1 N–H and O–H groups in total. The average Bonchev–Trinajstić information content (AvgIpc) is 2.96. The molecule has 2 atom stereocenters. The first-order valence-electron chi connectivity index (χ1n) is 7.15. The Morgan fingerprint density at radius 3 is 3.00 bits per heavy atom. The quantitative estimate of drug-likeness (QED) is 0.902. The van der Waals surface area contributed by atoms with Gasteiger partial charge in [-0.15, -0.1) is 11.3 Å². The first-order valence-corrected chi connectivity index (χ1v) is 7.97. The molecular formula is C14H20N2O4S. The number of amides is 1. The van der Waals surface area contributed by atoms with E-state index in [4.69, 9.17) is 4.74 Å². The summed E-state index contributed by atoms with van der Waals surface area (Å²) in [5.74, 6) is -1.18. The summed E-state index contributed by atoms with van der Waals surface area (Å²) in [6, 6.07) is -0.721. The molecule has 7 heteroatoms. The number of thiazole rings is 1. The predicted molar refractivity (Wildman–Crippen MR) is 78.5 cm³/mol. The van der Waals surface area contributed by atoms with Crippen LogP contribution in [0.5, 0.6) is 0 Å². The molecule has 1 amide bonds. The van der Waals surface area contributed by atoms with Gasteiger partial charge in [0.1, 0.15) is 22.0 Å². The lowest BCUT2D eigenvalue weighted by Crippen LogP contribution is -2.47. The summed E-state index contributed by atoms with van der Waals surface area (Å²) < 4.78 is 5.45. The Morgan fingerprint density at radius 2 is 2.33 bits per heavy atom. The molecule has 0 bridgehead atoms. The first kappa shape index (κ1) is 15.9. The van der Waals surface area contributed by atoms with Crippen LogP contribution >= 0.6 is 11.3 Å². The Morgan fingerprint density at radius 1 is 1.57 bits per heavy atom. The molecule has 1 aliphatic rings. The Hall–Kier alpha value is -1.47. The monoisotopic (exact) mass is 312 g/mol. The summed E-state index contributed by atoms with van der Waals surface area (Å²) in [6.45, 7) is 4.86. The van der Waals surface area contributed by atoms with Crippen LogP contribution < -0.4 is 0 Å². The average molecular weight is 312 g/mol. The zero-order valence-electron chi connectivity index (χ0n) is 12.2. The van der Waals surface area contributed by atoms with E-state index in [1.165, 1.54) is 22.4 Å². The van der Waals surface area contributed by atoms with E-state index in [2.05, 4.69) is 4.98 Å². The van der Waals surface area contributed by atoms with Gasteiger partial charge in [0, 0.05) is 13.2 Å². The van der Waals surface area contributed by atoms with Crippen molar-refractivity contribution in [3.8, 4) is 0 Å². The van der Waals surface area contributed by atoms with E-state index >= 15 is 0 Å². The van der Waals surface area contributed by atoms with Crippen molar-refractivity contribution in [3.63, 3.8) is 0 Å². The predicted octanol–water partition coefficient (Wildman–Crippen LogP) is 2.32. The van der Waals surface area contributed by atoms with Gasteiger partial charge in [-0.25, -0.2) is 9.78 Å². The highest BCUT2D eigenvalue weighted by atomic mass is 32.1. The number of carboxylic acids is 1. The number of hydrogen-bond acceptors (Lipinski definition) is 5. The van der Waals surface area contributed by atoms with Crippen molar-refractivity contribution in [1.29, 1.82) is 0 Å². The summed E-state index contributed by atoms with van der Waals surface area (Å²) in [7, 11) is 0. The van der Waals surface area contributed by atoms with Crippen LogP contribution in [0, 0.1) is 0 Å². The summed E-state index contributed by atoms with van der Waals surface area (Å²) in [5, 5.41) is 9.98. The Kier molecular flexibility index (Phi) is 5.30. The highest BCUT2D eigenvalue weighted by Crippen LogP contribution is 2.26. The van der Waals surface area contributed by atoms with Crippen LogP contribution in [0.3, 0.4) is 0 Å². The van der Waals surface area contributed by atoms with Crippen molar-refractivity contribution in [2.45, 2.75) is 45.3 Å². The van der Waals surface area contributed by atoms with Gasteiger partial charge in [0.25, 0.3) is 5.91 Å². The van der Waals surface area contributed by atoms with Gasteiger partial charge in [-0.05, 0) is 33.1 Å². The number of hydrogen-bond donors (Lipinski definition) is 1. The number of aliphatic carboxylic acids is 1. The molecule has 2 heterocycles. The molecule has 21 heavy (non-hydrogen) atoms. The van der Waals surface area contributed by atoms with E-state index in [-0.39, 0.29) is 12.0 Å². The van der Waals surface area contributed by atoms with Gasteiger partial charge in [0.15, 0.2) is 0 Å². The van der Waals surface area contributed by atoms with Crippen LogP contribution in [0.25, 0.3) is 0 Å². The van der Waals surface area contributed by atoms with Crippen molar-refractivity contribution in [2.75, 3.05) is 13.2 Å². The number of carbonyl (C=O) groups is 2. The Bertz CT molecular complexity index is 517. The molecular weight excluding hydrogens is 292 g/mol. The third kappa shape index (κ3) is 3.59. The largest absolute Gasteiger partial charge is 0.480 e. The molecule has 1 aromatic heterocycles. The van der Waals surface area contributed by atoms with Crippen molar-refractivity contribution >= 4 is 23.2 Å². The maximum Gasteiger partial charge on any atom is 0.326 e. The summed E-state index contributed by atoms with van der Waals surface area (Å²) in [4.78, 5) is 29.9. The molecule has 0 radical (unpaired) electrons. The second-order valence-corrected chi connectivity index (χ2v) is 6.07. The van der Waals surface area contributed by atoms with Crippen LogP contribution in [0.15, 0.2) is 6.20 Å². The molecule has 1 saturated heterocycles. The third-order valence-corrected chi connectivity index (χ3v) is 4.69. The minimum atomic E-state index is -0.935. The van der Waals surface area contributed by atoms with Crippen LogP contribution in [-0.4, -0.2) is 46.1 Å². The lowest BCUT2D eigenvalue weighted by Gasteiger charge is -2.32. The summed E-state index contributed by atoms with van der Waals surface area (Å²) >= 11 is 1.28. The van der Waals surface area contributed by atoms with E-state index in [1.54, 1.807) is 0 Å². The smallest absolute Gasteiger partial charge is 0.326 e. The Balaban J connectivity index is 2.13. The SMILES string of the molecule is CCOC(C)c1ncc(C(=O)N2CCCCC2C(=O)O)s1. The summed E-state index contributed by atoms with van der Waals surface area (Å²) in [6.07, 6.45) is 3.57. The van der Waals surface area contributed by atoms with Gasteiger partial charge >= 0.3 is 5.97 Å². The number of likely N-dealkylation sites (tertiary alicyclic amines) is 1. The Labute approximate surface area is 127 Å². The van der Waals surface area contributed by atoms with E-state index in [0.29, 0.717) is 24.4 Å². The minimum Gasteiger partial charge on any atom is -0.480 e. The van der Waals surface area contributed by atoms with Crippen LogP contribution in [0.1, 0.15) is 53.9 Å². The van der Waals surface area contributed by atoms with Crippen LogP contribution in [-0.2, 0) is 9.53 Å². The maximum absolute atomic E-state index is 12.5. The number of nitrogens with zero attached hydrogens (tertiary/aromatic N) is 2. The van der Waals surface area contributed by atoms with Crippen LogP contribution in [0.4, 0.5) is 0 Å². The molecule has 116 valence electrons. The number of aromatic nitrogens is 1. The highest BCUT2D eigenvalue weighted by Gasteiger charge is 2.33. The van der Waals surface area contributed by atoms with Gasteiger partial charge in [-0.1, -0.05) is 0 Å². The van der Waals surface area contributed by atoms with E-state index in [1.807, 2.05) is 13.8 Å². The number of ether oxygens (including phenoxy) is 1. The lowest BCUT2D eigenvalue weighted by molar-refractivity contribution is -0.143. The van der Waals surface area contributed by atoms with Crippen molar-refractivity contribution in [2.24, 2.45) is 0 Å². The summed E-state index contributed by atoms with van der Waals surface area (Å²) in [5.41, 5.74) is 0. The molecule has 2 unspecified atom stereocenters. The normalized spacial score (nSPS) is 20.3. The second kappa shape index (κ2) is 7.00. The third-order valence-electron chi connectivity index (χ3n) is 3.55. The van der Waals surface area contributed by atoms with E-state index in [0.717, 1.165) is 17.8 Å². The first-order chi connectivity index (χ1) is 10.0. The molecule has 1 aromatic rings. The van der Waals surface area contributed by atoms with Crippen molar-refractivity contribution in [1.82, 2.24) is 9.88 Å². The van der Waals surface area contributed by atoms with E-state index in [9.17, 15) is 14.7 Å². The molecule has 1 fully saturated rings. The zero-order valence-corrected chi connectivity index (χ0v) is 13.1. The number of carbonyl (C=O) groups excluding carboxylic acids is 1. The fourth-order valence-corrected chi connectivity index (χ4v) is 3.34. The van der Waals surface area contributed by atoms with Crippen molar-refractivity contribution in [3.05, 3.63) is 16.1 Å². The van der Waals surface area contributed by atoms with Crippen LogP contribution in [0.2, 0.25) is 0 Å². The molecule has 0 saturated carbocycles. The van der Waals surface area contributed by atoms with Gasteiger partial charge in [-0.3, -0.25) is 4.79 Å². The van der Waals surface area contributed by atoms with Crippen molar-refractivity contribution < 1.29 is 19.4 Å². The minimum absolute atomic E-state index is 0.154. The highest BCUT2D eigenvalue weighted by molar-refractivity contribution is 7.13. The van der Waals surface area contributed by atoms with Gasteiger partial charge in [-0.2, -0.15) is 0 Å². The van der Waals surface area contributed by atoms with E-state index < -0.39 is 12.0 Å². The van der Waals surface area contributed by atoms with Gasteiger partial charge < -0.3 is 14.7 Å². The fourth-order valence-electron chi connectivity index (χ4n) is 2.47. The standard InChI is InChI=1S/C14H20N2O4S/c1-3-20-9(2)12-15-8-11(21-12)13(17)16-7-5-4-6-10(16)14(18)19/h8-10H,3-7H2,1-2H3,(H,18,19).